The maximum absolute atomic E-state index is 13.7. The molecule has 0 amide bonds. The summed E-state index contributed by atoms with van der Waals surface area (Å²) >= 11 is 3.23. The average Bonchev–Trinajstić information content (AvgIpc) is 2.19. The van der Waals surface area contributed by atoms with Crippen LogP contribution >= 0.6 is 15.9 Å². The van der Waals surface area contributed by atoms with Crippen molar-refractivity contribution >= 4 is 15.9 Å². The largest absolute Gasteiger partial charge is 0.330 e. The van der Waals surface area contributed by atoms with Gasteiger partial charge >= 0.3 is 0 Å². The van der Waals surface area contributed by atoms with E-state index in [4.69, 9.17) is 5.73 Å². The summed E-state index contributed by atoms with van der Waals surface area (Å²) in [6.45, 7) is 6.23. The smallest absolute Gasteiger partial charge is 0.140 e. The van der Waals surface area contributed by atoms with E-state index in [0.717, 1.165) is 11.1 Å². The zero-order valence-corrected chi connectivity index (χ0v) is 10.3. The molecule has 0 heterocycles. The lowest BCUT2D eigenvalue weighted by molar-refractivity contribution is 0.602. The van der Waals surface area contributed by atoms with Gasteiger partial charge in [0.1, 0.15) is 5.82 Å². The molecule has 1 atom stereocenters. The van der Waals surface area contributed by atoms with Crippen LogP contribution in [0.2, 0.25) is 0 Å². The molecule has 1 rings (SSSR count). The molecule has 0 spiro atoms. The van der Waals surface area contributed by atoms with Crippen LogP contribution in [0.3, 0.4) is 0 Å². The summed E-state index contributed by atoms with van der Waals surface area (Å²) < 4.78 is 14.2. The summed E-state index contributed by atoms with van der Waals surface area (Å²) in [4.78, 5) is 0. The Morgan fingerprint density at radius 1 is 1.50 bits per heavy atom. The van der Waals surface area contributed by atoms with Crippen molar-refractivity contribution in [1.82, 2.24) is 0 Å². The maximum Gasteiger partial charge on any atom is 0.140 e. The van der Waals surface area contributed by atoms with Gasteiger partial charge in [0.2, 0.25) is 0 Å². The van der Waals surface area contributed by atoms with Crippen molar-refractivity contribution in [2.75, 3.05) is 6.54 Å². The Labute approximate surface area is 92.6 Å². The van der Waals surface area contributed by atoms with E-state index in [1.165, 1.54) is 0 Å². The Morgan fingerprint density at radius 2 is 2.07 bits per heavy atom. The molecule has 0 fully saturated rings. The van der Waals surface area contributed by atoms with E-state index in [9.17, 15) is 4.39 Å². The number of aryl methyl sites for hydroxylation is 1. The first-order valence-corrected chi connectivity index (χ1v) is 5.43. The van der Waals surface area contributed by atoms with Crippen molar-refractivity contribution in [3.05, 3.63) is 33.0 Å². The predicted molar refractivity (Wildman–Crippen MR) is 61.0 cm³/mol. The third-order valence-electron chi connectivity index (χ3n) is 2.56. The molecule has 0 aromatic heterocycles. The Kier molecular flexibility index (Phi) is 3.67. The minimum Gasteiger partial charge on any atom is -0.330 e. The highest BCUT2D eigenvalue weighted by molar-refractivity contribution is 9.10. The average molecular weight is 260 g/mol. The SMILES string of the molecule is Cc1cc(C(C)CN)c(C)c(F)c1Br. The van der Waals surface area contributed by atoms with Gasteiger partial charge in [-0.05, 0) is 58.9 Å². The van der Waals surface area contributed by atoms with Crippen LogP contribution in [0.1, 0.15) is 29.5 Å². The van der Waals surface area contributed by atoms with Crippen LogP contribution in [-0.4, -0.2) is 6.54 Å². The van der Waals surface area contributed by atoms with E-state index in [0.29, 0.717) is 16.6 Å². The molecule has 0 aliphatic heterocycles. The van der Waals surface area contributed by atoms with E-state index in [1.807, 2.05) is 19.9 Å². The molecular weight excluding hydrogens is 245 g/mol. The van der Waals surface area contributed by atoms with Crippen LogP contribution in [-0.2, 0) is 0 Å². The van der Waals surface area contributed by atoms with E-state index >= 15 is 0 Å². The molecule has 0 bridgehead atoms. The zero-order chi connectivity index (χ0) is 10.9. The summed E-state index contributed by atoms with van der Waals surface area (Å²) in [5.74, 6) is 0.0385. The van der Waals surface area contributed by atoms with Gasteiger partial charge in [0, 0.05) is 0 Å². The molecule has 1 nitrogen and oxygen atoms in total. The van der Waals surface area contributed by atoms with Crippen LogP contribution in [0, 0.1) is 19.7 Å². The van der Waals surface area contributed by atoms with Crippen molar-refractivity contribution in [3.8, 4) is 0 Å². The molecule has 0 saturated carbocycles. The number of hydrogen-bond acceptors (Lipinski definition) is 1. The lowest BCUT2D eigenvalue weighted by Gasteiger charge is -2.15. The summed E-state index contributed by atoms with van der Waals surface area (Å²) in [5.41, 5.74) is 8.20. The Balaban J connectivity index is 3.33. The molecule has 14 heavy (non-hydrogen) atoms. The molecule has 0 radical (unpaired) electrons. The Hall–Kier alpha value is -0.410. The predicted octanol–water partition coefficient (Wildman–Crippen LogP) is 3.27. The highest BCUT2D eigenvalue weighted by Gasteiger charge is 2.14. The van der Waals surface area contributed by atoms with Crippen LogP contribution in [0.15, 0.2) is 10.5 Å². The fraction of sp³-hybridized carbons (Fsp3) is 0.455. The van der Waals surface area contributed by atoms with Gasteiger partial charge in [0.25, 0.3) is 0 Å². The molecule has 1 aromatic rings. The highest BCUT2D eigenvalue weighted by Crippen LogP contribution is 2.29. The van der Waals surface area contributed by atoms with Gasteiger partial charge in [-0.1, -0.05) is 13.0 Å². The first kappa shape index (κ1) is 11.7. The van der Waals surface area contributed by atoms with Crippen LogP contribution in [0.4, 0.5) is 4.39 Å². The zero-order valence-electron chi connectivity index (χ0n) is 8.70. The summed E-state index contributed by atoms with van der Waals surface area (Å²) in [5, 5.41) is 0. The molecule has 1 aromatic carbocycles. The number of rotatable bonds is 2. The number of benzene rings is 1. The van der Waals surface area contributed by atoms with Crippen molar-refractivity contribution in [1.29, 1.82) is 0 Å². The number of nitrogens with two attached hydrogens (primary N) is 1. The Bertz CT molecular complexity index is 350. The molecule has 2 N–H and O–H groups in total. The van der Waals surface area contributed by atoms with Crippen molar-refractivity contribution < 1.29 is 4.39 Å². The third kappa shape index (κ3) is 1.98. The molecule has 1 unspecified atom stereocenters. The fourth-order valence-electron chi connectivity index (χ4n) is 1.51. The standard InChI is InChI=1S/C11H15BrFN/c1-6-4-9(7(2)5-14)8(3)11(13)10(6)12/h4,7H,5,14H2,1-3H3. The van der Waals surface area contributed by atoms with Crippen LogP contribution in [0.25, 0.3) is 0 Å². The van der Waals surface area contributed by atoms with Gasteiger partial charge in [-0.3, -0.25) is 0 Å². The molecular formula is C11H15BrFN. The van der Waals surface area contributed by atoms with E-state index < -0.39 is 0 Å². The van der Waals surface area contributed by atoms with Gasteiger partial charge in [0.05, 0.1) is 4.47 Å². The molecule has 0 saturated heterocycles. The first-order chi connectivity index (χ1) is 6.49. The van der Waals surface area contributed by atoms with E-state index in [1.54, 1.807) is 6.92 Å². The van der Waals surface area contributed by atoms with Crippen LogP contribution < -0.4 is 5.73 Å². The van der Waals surface area contributed by atoms with Crippen molar-refractivity contribution in [2.24, 2.45) is 5.73 Å². The van der Waals surface area contributed by atoms with Gasteiger partial charge in [0.15, 0.2) is 0 Å². The third-order valence-corrected chi connectivity index (χ3v) is 3.53. The Morgan fingerprint density at radius 3 is 2.57 bits per heavy atom. The van der Waals surface area contributed by atoms with E-state index in [2.05, 4.69) is 15.9 Å². The van der Waals surface area contributed by atoms with E-state index in [-0.39, 0.29) is 11.7 Å². The minimum absolute atomic E-state index is 0.166. The van der Waals surface area contributed by atoms with Gasteiger partial charge < -0.3 is 5.73 Å². The normalized spacial score (nSPS) is 13.0. The van der Waals surface area contributed by atoms with Gasteiger partial charge in [-0.15, -0.1) is 0 Å². The molecule has 78 valence electrons. The highest BCUT2D eigenvalue weighted by atomic mass is 79.9. The van der Waals surface area contributed by atoms with Crippen molar-refractivity contribution in [2.45, 2.75) is 26.7 Å². The first-order valence-electron chi connectivity index (χ1n) is 4.64. The molecule has 3 heteroatoms. The minimum atomic E-state index is -0.166. The topological polar surface area (TPSA) is 26.0 Å². The second-order valence-electron chi connectivity index (χ2n) is 3.67. The monoisotopic (exact) mass is 259 g/mol. The summed E-state index contributed by atoms with van der Waals surface area (Å²) in [7, 11) is 0. The number of hydrogen-bond donors (Lipinski definition) is 1. The molecule has 0 aliphatic rings. The summed E-state index contributed by atoms with van der Waals surface area (Å²) in [6, 6.07) is 2.00. The molecule has 0 aliphatic carbocycles. The quantitative estimate of drug-likeness (QED) is 0.867. The van der Waals surface area contributed by atoms with Crippen LogP contribution in [0.5, 0.6) is 0 Å². The second kappa shape index (κ2) is 4.41. The van der Waals surface area contributed by atoms with Crippen molar-refractivity contribution in [3.63, 3.8) is 0 Å². The van der Waals surface area contributed by atoms with Gasteiger partial charge in [-0.2, -0.15) is 0 Å². The number of halogens is 2. The maximum atomic E-state index is 13.7. The lowest BCUT2D eigenvalue weighted by atomic mass is 9.94. The second-order valence-corrected chi connectivity index (χ2v) is 4.47. The fourth-order valence-corrected chi connectivity index (χ4v) is 1.92. The lowest BCUT2D eigenvalue weighted by Crippen LogP contribution is -2.11. The summed E-state index contributed by atoms with van der Waals surface area (Å²) in [6.07, 6.45) is 0. The van der Waals surface area contributed by atoms with Gasteiger partial charge in [-0.25, -0.2) is 4.39 Å².